The molecule has 1 amide bonds. The fourth-order valence-electron chi connectivity index (χ4n) is 1.39. The van der Waals surface area contributed by atoms with Crippen molar-refractivity contribution in [3.63, 3.8) is 0 Å². The van der Waals surface area contributed by atoms with Gasteiger partial charge in [0.05, 0.1) is 5.25 Å². The summed E-state index contributed by atoms with van der Waals surface area (Å²) in [5, 5.41) is 15.2. The Balaban J connectivity index is 1.85. The van der Waals surface area contributed by atoms with E-state index in [9.17, 15) is 4.79 Å². The maximum atomic E-state index is 12.0. The molecule has 1 aliphatic carbocycles. The van der Waals surface area contributed by atoms with Crippen molar-refractivity contribution in [2.24, 2.45) is 0 Å². The molecule has 106 valence electrons. The van der Waals surface area contributed by atoms with Gasteiger partial charge in [-0.15, -0.1) is 10.2 Å². The predicted molar refractivity (Wildman–Crippen MR) is 79.8 cm³/mol. The number of rotatable bonds is 5. The largest absolute Gasteiger partial charge is 0.357 e. The number of anilines is 1. The summed E-state index contributed by atoms with van der Waals surface area (Å²) < 4.78 is 0.833. The number of nitrogens with zero attached hydrogens (tertiary/aromatic N) is 2. The number of hydrogen-bond donors (Lipinski definition) is 2. The highest BCUT2D eigenvalue weighted by molar-refractivity contribution is 8.02. The van der Waals surface area contributed by atoms with Crippen LogP contribution in [0.5, 0.6) is 0 Å². The van der Waals surface area contributed by atoms with Gasteiger partial charge in [0, 0.05) is 11.6 Å². The normalized spacial score (nSPS) is 17.1. The van der Waals surface area contributed by atoms with Crippen LogP contribution in [-0.2, 0) is 4.79 Å². The minimum Gasteiger partial charge on any atom is -0.357 e. The Bertz CT molecular complexity index is 451. The van der Waals surface area contributed by atoms with Crippen molar-refractivity contribution >= 4 is 34.1 Å². The van der Waals surface area contributed by atoms with Gasteiger partial charge in [0.25, 0.3) is 0 Å². The summed E-state index contributed by atoms with van der Waals surface area (Å²) in [5.41, 5.74) is -0.203. The Kier molecular flexibility index (Phi) is 4.35. The van der Waals surface area contributed by atoms with Crippen molar-refractivity contribution in [3.8, 4) is 0 Å². The summed E-state index contributed by atoms with van der Waals surface area (Å²) in [7, 11) is 0. The first-order valence-electron chi connectivity index (χ1n) is 6.42. The molecule has 0 spiro atoms. The topological polar surface area (TPSA) is 66.9 Å². The fraction of sp³-hybridized carbons (Fsp3) is 0.750. The molecule has 5 nitrogen and oxygen atoms in total. The van der Waals surface area contributed by atoms with Crippen molar-refractivity contribution in [2.75, 3.05) is 5.32 Å². The van der Waals surface area contributed by atoms with Gasteiger partial charge in [-0.25, -0.2) is 0 Å². The molecule has 1 aromatic rings. The lowest BCUT2D eigenvalue weighted by molar-refractivity contribution is -0.121. The zero-order chi connectivity index (χ0) is 14.0. The average Bonchev–Trinajstić information content (AvgIpc) is 2.96. The zero-order valence-corrected chi connectivity index (χ0v) is 13.3. The van der Waals surface area contributed by atoms with Gasteiger partial charge in [-0.2, -0.15) is 0 Å². The van der Waals surface area contributed by atoms with Crippen LogP contribution in [0.2, 0.25) is 0 Å². The van der Waals surface area contributed by atoms with Crippen molar-refractivity contribution < 1.29 is 4.79 Å². The summed E-state index contributed by atoms with van der Waals surface area (Å²) in [6, 6.07) is 0.576. The third-order valence-corrected chi connectivity index (χ3v) is 4.50. The molecule has 1 heterocycles. The molecule has 1 aliphatic rings. The van der Waals surface area contributed by atoms with Crippen LogP contribution >= 0.6 is 23.1 Å². The number of aromatic nitrogens is 2. The molecule has 0 saturated heterocycles. The molecule has 2 N–H and O–H groups in total. The second-order valence-electron chi connectivity index (χ2n) is 5.79. The van der Waals surface area contributed by atoms with E-state index < -0.39 is 0 Å². The summed E-state index contributed by atoms with van der Waals surface area (Å²) in [5.74, 6) is 0.0319. The standard InChI is InChI=1S/C12H20N4OS2/c1-7(9(17)14-12(2,3)4)18-11-16-15-10(19-11)13-8-5-6-8/h7-8H,5-6H2,1-4H3,(H,13,15)(H,14,17)/t7-/m1/s1. The Labute approximate surface area is 122 Å². The molecule has 1 fully saturated rings. The first-order chi connectivity index (χ1) is 8.83. The summed E-state index contributed by atoms with van der Waals surface area (Å²) in [4.78, 5) is 12.0. The molecular formula is C12H20N4OS2. The van der Waals surface area contributed by atoms with Crippen LogP contribution in [-0.4, -0.2) is 32.9 Å². The summed E-state index contributed by atoms with van der Waals surface area (Å²) in [6.07, 6.45) is 2.43. The minimum absolute atomic E-state index is 0.0319. The van der Waals surface area contributed by atoms with E-state index in [2.05, 4.69) is 20.8 Å². The lowest BCUT2D eigenvalue weighted by Crippen LogP contribution is -2.44. The Hall–Kier alpha value is -0.820. The molecule has 1 aromatic heterocycles. The second-order valence-corrected chi connectivity index (χ2v) is 8.36. The Morgan fingerprint density at radius 3 is 2.68 bits per heavy atom. The molecule has 0 unspecified atom stereocenters. The third kappa shape index (κ3) is 4.99. The first kappa shape index (κ1) is 14.6. The molecule has 0 aliphatic heterocycles. The van der Waals surface area contributed by atoms with Gasteiger partial charge in [0.15, 0.2) is 4.34 Å². The lowest BCUT2D eigenvalue weighted by atomic mass is 10.1. The van der Waals surface area contributed by atoms with E-state index in [0.717, 1.165) is 9.47 Å². The number of thioether (sulfide) groups is 1. The van der Waals surface area contributed by atoms with Gasteiger partial charge >= 0.3 is 0 Å². The van der Waals surface area contributed by atoms with Crippen LogP contribution in [0.4, 0.5) is 5.13 Å². The maximum absolute atomic E-state index is 12.0. The van der Waals surface area contributed by atoms with Gasteiger partial charge in [-0.05, 0) is 40.5 Å². The smallest absolute Gasteiger partial charge is 0.233 e. The van der Waals surface area contributed by atoms with E-state index >= 15 is 0 Å². The predicted octanol–water partition coefficient (Wildman–Crippen LogP) is 2.51. The quantitative estimate of drug-likeness (QED) is 0.818. The molecular weight excluding hydrogens is 280 g/mol. The Morgan fingerprint density at radius 2 is 2.11 bits per heavy atom. The van der Waals surface area contributed by atoms with E-state index in [1.807, 2.05) is 27.7 Å². The van der Waals surface area contributed by atoms with E-state index in [1.54, 1.807) is 0 Å². The number of carbonyl (C=O) groups excluding carboxylic acids is 1. The molecule has 1 saturated carbocycles. The van der Waals surface area contributed by atoms with Crippen molar-refractivity contribution in [1.82, 2.24) is 15.5 Å². The lowest BCUT2D eigenvalue weighted by Gasteiger charge is -2.22. The van der Waals surface area contributed by atoms with Crippen molar-refractivity contribution in [2.45, 2.75) is 61.7 Å². The van der Waals surface area contributed by atoms with Gasteiger partial charge in [0.1, 0.15) is 0 Å². The van der Waals surface area contributed by atoms with Crippen LogP contribution in [0.25, 0.3) is 0 Å². The highest BCUT2D eigenvalue weighted by atomic mass is 32.2. The number of carbonyl (C=O) groups is 1. The minimum atomic E-state index is -0.203. The van der Waals surface area contributed by atoms with E-state index in [-0.39, 0.29) is 16.7 Å². The molecule has 0 radical (unpaired) electrons. The highest BCUT2D eigenvalue weighted by Gasteiger charge is 2.24. The summed E-state index contributed by atoms with van der Waals surface area (Å²) in [6.45, 7) is 7.82. The average molecular weight is 300 g/mol. The van der Waals surface area contributed by atoms with Crippen LogP contribution < -0.4 is 10.6 Å². The van der Waals surface area contributed by atoms with Crippen LogP contribution in [0.15, 0.2) is 4.34 Å². The van der Waals surface area contributed by atoms with Crippen LogP contribution in [0.1, 0.15) is 40.5 Å². The zero-order valence-electron chi connectivity index (χ0n) is 11.7. The van der Waals surface area contributed by atoms with Crippen molar-refractivity contribution in [3.05, 3.63) is 0 Å². The van der Waals surface area contributed by atoms with Gasteiger partial charge < -0.3 is 10.6 Å². The van der Waals surface area contributed by atoms with E-state index in [4.69, 9.17) is 0 Å². The summed E-state index contributed by atoms with van der Waals surface area (Å²) >= 11 is 2.97. The fourth-order valence-corrected chi connectivity index (χ4v) is 3.37. The van der Waals surface area contributed by atoms with E-state index in [1.165, 1.54) is 35.9 Å². The monoisotopic (exact) mass is 300 g/mol. The molecule has 7 heteroatoms. The second kappa shape index (κ2) is 5.66. The Morgan fingerprint density at radius 1 is 1.42 bits per heavy atom. The molecule has 19 heavy (non-hydrogen) atoms. The molecule has 2 rings (SSSR count). The molecule has 0 aromatic carbocycles. The van der Waals surface area contributed by atoms with Gasteiger partial charge in [-0.3, -0.25) is 4.79 Å². The maximum Gasteiger partial charge on any atom is 0.233 e. The third-order valence-electron chi connectivity index (χ3n) is 2.46. The van der Waals surface area contributed by atoms with E-state index in [0.29, 0.717) is 6.04 Å². The molecule has 1 atom stereocenters. The van der Waals surface area contributed by atoms with Crippen molar-refractivity contribution in [1.29, 1.82) is 0 Å². The highest BCUT2D eigenvalue weighted by Crippen LogP contribution is 2.32. The number of amides is 1. The number of nitrogens with one attached hydrogen (secondary N) is 2. The van der Waals surface area contributed by atoms with Gasteiger partial charge in [-0.1, -0.05) is 23.1 Å². The van der Waals surface area contributed by atoms with Gasteiger partial charge in [0.2, 0.25) is 11.0 Å². The van der Waals surface area contributed by atoms with Crippen LogP contribution in [0, 0.1) is 0 Å². The SMILES string of the molecule is C[C@@H](Sc1nnc(NC2CC2)s1)C(=O)NC(C)(C)C. The first-order valence-corrected chi connectivity index (χ1v) is 8.12. The van der Waals surface area contributed by atoms with Crippen LogP contribution in [0.3, 0.4) is 0 Å². The number of hydrogen-bond acceptors (Lipinski definition) is 6. The molecule has 0 bridgehead atoms.